The number of aliphatic hydroxyl groups is 1. The van der Waals surface area contributed by atoms with Crippen LogP contribution in [0.2, 0.25) is 0 Å². The molecule has 1 aliphatic carbocycles. The van der Waals surface area contributed by atoms with E-state index in [1.165, 1.54) is 0 Å². The summed E-state index contributed by atoms with van der Waals surface area (Å²) >= 11 is 3.52. The Hall–Kier alpha value is -0.580. The van der Waals surface area contributed by atoms with E-state index in [1.807, 2.05) is 12.1 Å². The van der Waals surface area contributed by atoms with Gasteiger partial charge in [0.2, 0.25) is 0 Å². The predicted molar refractivity (Wildman–Crippen MR) is 85.1 cm³/mol. The van der Waals surface area contributed by atoms with Crippen LogP contribution < -0.4 is 10.1 Å². The summed E-state index contributed by atoms with van der Waals surface area (Å²) in [6, 6.07) is 6.33. The van der Waals surface area contributed by atoms with E-state index in [1.54, 1.807) is 0 Å². The summed E-state index contributed by atoms with van der Waals surface area (Å²) in [7, 11) is 0. The molecule has 0 bridgehead atoms. The third-order valence-corrected chi connectivity index (χ3v) is 4.33. The van der Waals surface area contributed by atoms with Crippen molar-refractivity contribution in [3.05, 3.63) is 28.2 Å². The molecule has 1 aromatic rings. The van der Waals surface area contributed by atoms with Crippen molar-refractivity contribution in [2.24, 2.45) is 0 Å². The van der Waals surface area contributed by atoms with Crippen LogP contribution in [0.5, 0.6) is 5.75 Å². The van der Waals surface area contributed by atoms with Crippen LogP contribution in [0.25, 0.3) is 0 Å². The number of rotatable bonds is 6. The van der Waals surface area contributed by atoms with Crippen molar-refractivity contribution in [1.29, 1.82) is 0 Å². The molecule has 1 aliphatic rings. The van der Waals surface area contributed by atoms with Crippen LogP contribution >= 0.6 is 15.9 Å². The highest BCUT2D eigenvalue weighted by molar-refractivity contribution is 9.10. The van der Waals surface area contributed by atoms with E-state index in [2.05, 4.69) is 41.2 Å². The van der Waals surface area contributed by atoms with Crippen molar-refractivity contribution in [2.75, 3.05) is 6.54 Å². The molecular formula is C16H24BrNO2. The van der Waals surface area contributed by atoms with Gasteiger partial charge >= 0.3 is 0 Å². The van der Waals surface area contributed by atoms with Crippen molar-refractivity contribution in [2.45, 2.75) is 57.8 Å². The fourth-order valence-electron chi connectivity index (χ4n) is 2.64. The molecule has 2 rings (SSSR count). The van der Waals surface area contributed by atoms with E-state index in [4.69, 9.17) is 4.74 Å². The van der Waals surface area contributed by atoms with Gasteiger partial charge in [0, 0.05) is 16.1 Å². The first kappa shape index (κ1) is 15.8. The van der Waals surface area contributed by atoms with Gasteiger partial charge in [-0.15, -0.1) is 0 Å². The predicted octanol–water partition coefficient (Wildman–Crippen LogP) is 3.80. The summed E-state index contributed by atoms with van der Waals surface area (Å²) in [5, 5.41) is 13.4. The molecule has 3 atom stereocenters. The minimum absolute atomic E-state index is 0.0618. The molecule has 0 aliphatic heterocycles. The van der Waals surface area contributed by atoms with Crippen LogP contribution in [0.1, 0.15) is 51.1 Å². The topological polar surface area (TPSA) is 41.5 Å². The largest absolute Gasteiger partial charge is 0.487 e. The molecule has 0 spiro atoms. The lowest BCUT2D eigenvalue weighted by atomic mass is 10.1. The average molecular weight is 342 g/mol. The van der Waals surface area contributed by atoms with E-state index in [9.17, 15) is 5.11 Å². The van der Waals surface area contributed by atoms with Crippen molar-refractivity contribution in [3.63, 3.8) is 0 Å². The van der Waals surface area contributed by atoms with Gasteiger partial charge in [-0.3, -0.25) is 0 Å². The Balaban J connectivity index is 2.14. The van der Waals surface area contributed by atoms with E-state index in [-0.39, 0.29) is 18.2 Å². The van der Waals surface area contributed by atoms with Crippen molar-refractivity contribution in [3.8, 4) is 5.75 Å². The fourth-order valence-corrected chi connectivity index (χ4v) is 3.02. The zero-order valence-electron chi connectivity index (χ0n) is 12.2. The molecule has 0 saturated heterocycles. The molecule has 20 heavy (non-hydrogen) atoms. The SMILES string of the molecule is CCCNC(C)c1cc(Br)ccc1OC1CCCC1O. The normalized spacial score (nSPS) is 23.8. The van der Waals surface area contributed by atoms with Gasteiger partial charge in [-0.1, -0.05) is 22.9 Å². The van der Waals surface area contributed by atoms with Gasteiger partial charge in [-0.05, 0) is 57.4 Å². The third-order valence-electron chi connectivity index (χ3n) is 3.83. The average Bonchev–Trinajstić information content (AvgIpc) is 2.83. The zero-order valence-corrected chi connectivity index (χ0v) is 13.8. The smallest absolute Gasteiger partial charge is 0.124 e. The first-order valence-electron chi connectivity index (χ1n) is 7.49. The van der Waals surface area contributed by atoms with E-state index >= 15 is 0 Å². The number of halogens is 1. The van der Waals surface area contributed by atoms with Gasteiger partial charge in [-0.25, -0.2) is 0 Å². The van der Waals surface area contributed by atoms with Crippen molar-refractivity contribution >= 4 is 15.9 Å². The highest BCUT2D eigenvalue weighted by Gasteiger charge is 2.28. The third kappa shape index (κ3) is 3.96. The minimum Gasteiger partial charge on any atom is -0.487 e. The molecule has 1 aromatic carbocycles. The van der Waals surface area contributed by atoms with Gasteiger partial charge in [0.1, 0.15) is 11.9 Å². The molecule has 1 fully saturated rings. The first-order chi connectivity index (χ1) is 9.61. The maximum atomic E-state index is 9.93. The molecule has 2 N–H and O–H groups in total. The number of benzene rings is 1. The molecule has 0 heterocycles. The second-order valence-electron chi connectivity index (χ2n) is 5.51. The molecule has 3 unspecified atom stereocenters. The lowest BCUT2D eigenvalue weighted by Crippen LogP contribution is -2.27. The Bertz CT molecular complexity index is 438. The standard InChI is InChI=1S/C16H24BrNO2/c1-3-9-18-11(2)13-10-12(17)7-8-15(13)20-16-6-4-5-14(16)19/h7-8,10-11,14,16,18-19H,3-6,9H2,1-2H3. The van der Waals surface area contributed by atoms with E-state index in [0.717, 1.165) is 48.0 Å². The summed E-state index contributed by atoms with van der Waals surface area (Å²) in [6.07, 6.45) is 3.55. The van der Waals surface area contributed by atoms with E-state index < -0.39 is 0 Å². The fraction of sp³-hybridized carbons (Fsp3) is 0.625. The maximum absolute atomic E-state index is 9.93. The Morgan fingerprint density at radius 3 is 2.90 bits per heavy atom. The number of aliphatic hydroxyl groups excluding tert-OH is 1. The van der Waals surface area contributed by atoms with Crippen LogP contribution in [0.4, 0.5) is 0 Å². The lowest BCUT2D eigenvalue weighted by molar-refractivity contribution is 0.0594. The summed E-state index contributed by atoms with van der Waals surface area (Å²) < 4.78 is 7.12. The molecule has 0 radical (unpaired) electrons. The lowest BCUT2D eigenvalue weighted by Gasteiger charge is -2.23. The summed E-state index contributed by atoms with van der Waals surface area (Å²) in [5.74, 6) is 0.884. The number of ether oxygens (including phenoxy) is 1. The van der Waals surface area contributed by atoms with Gasteiger partial charge in [0.15, 0.2) is 0 Å². The van der Waals surface area contributed by atoms with Gasteiger partial charge in [0.05, 0.1) is 6.10 Å². The zero-order chi connectivity index (χ0) is 14.5. The number of nitrogens with one attached hydrogen (secondary N) is 1. The van der Waals surface area contributed by atoms with Crippen LogP contribution in [0, 0.1) is 0 Å². The van der Waals surface area contributed by atoms with Crippen LogP contribution in [-0.4, -0.2) is 23.9 Å². The van der Waals surface area contributed by atoms with Crippen molar-refractivity contribution < 1.29 is 9.84 Å². The minimum atomic E-state index is -0.328. The molecule has 0 amide bonds. The molecule has 1 saturated carbocycles. The van der Waals surface area contributed by atoms with Crippen LogP contribution in [0.15, 0.2) is 22.7 Å². The second kappa shape index (κ2) is 7.43. The molecule has 112 valence electrons. The Morgan fingerprint density at radius 1 is 1.45 bits per heavy atom. The molecular weight excluding hydrogens is 318 g/mol. The first-order valence-corrected chi connectivity index (χ1v) is 8.28. The van der Waals surface area contributed by atoms with Gasteiger partial charge < -0.3 is 15.2 Å². The Labute approximate surface area is 129 Å². The monoisotopic (exact) mass is 341 g/mol. The maximum Gasteiger partial charge on any atom is 0.124 e. The Morgan fingerprint density at radius 2 is 2.25 bits per heavy atom. The number of hydrogen-bond acceptors (Lipinski definition) is 3. The second-order valence-corrected chi connectivity index (χ2v) is 6.43. The highest BCUT2D eigenvalue weighted by atomic mass is 79.9. The summed E-state index contributed by atoms with van der Waals surface area (Å²) in [6.45, 7) is 5.29. The molecule has 3 nitrogen and oxygen atoms in total. The van der Waals surface area contributed by atoms with Gasteiger partial charge in [-0.2, -0.15) is 0 Å². The summed E-state index contributed by atoms with van der Waals surface area (Å²) in [4.78, 5) is 0. The Kier molecular flexibility index (Phi) is 5.87. The van der Waals surface area contributed by atoms with E-state index in [0.29, 0.717) is 0 Å². The molecule has 4 heteroatoms. The molecule has 0 aromatic heterocycles. The van der Waals surface area contributed by atoms with Crippen molar-refractivity contribution in [1.82, 2.24) is 5.32 Å². The summed E-state index contributed by atoms with van der Waals surface area (Å²) in [5.41, 5.74) is 1.15. The highest BCUT2D eigenvalue weighted by Crippen LogP contribution is 2.32. The van der Waals surface area contributed by atoms with Crippen LogP contribution in [0.3, 0.4) is 0 Å². The number of hydrogen-bond donors (Lipinski definition) is 2. The quantitative estimate of drug-likeness (QED) is 0.826. The van der Waals surface area contributed by atoms with Crippen LogP contribution in [-0.2, 0) is 0 Å². The van der Waals surface area contributed by atoms with Gasteiger partial charge in [0.25, 0.3) is 0 Å².